The Balaban J connectivity index is 4.34. The molecule has 0 aliphatic carbocycles. The summed E-state index contributed by atoms with van der Waals surface area (Å²) in [5.41, 5.74) is 0.449. The maximum absolute atomic E-state index is 10.8. The van der Waals surface area contributed by atoms with Crippen molar-refractivity contribution in [3.8, 4) is 0 Å². The zero-order chi connectivity index (χ0) is 7.98. The molecule has 3 heteroatoms. The molecule has 10 heavy (non-hydrogen) atoms. The lowest BCUT2D eigenvalue weighted by atomic mass is 10.2. The van der Waals surface area contributed by atoms with Crippen molar-refractivity contribution in [1.29, 1.82) is 0 Å². The Bertz CT molecular complexity index is 184. The van der Waals surface area contributed by atoms with Gasteiger partial charge >= 0.3 is 0 Å². The van der Waals surface area contributed by atoms with Crippen LogP contribution < -0.4 is 4.72 Å². The number of amides is 1. The van der Waals surface area contributed by atoms with Crippen LogP contribution in [0.5, 0.6) is 0 Å². The Morgan fingerprint density at radius 1 is 1.50 bits per heavy atom. The smallest absolute Gasteiger partial charge is 0.260 e. The van der Waals surface area contributed by atoms with Crippen LogP contribution in [0, 0.1) is 0 Å². The highest BCUT2D eigenvalue weighted by Gasteiger charge is 1.99. The molecule has 0 atom stereocenters. The third-order valence-corrected chi connectivity index (χ3v) is 1.08. The van der Waals surface area contributed by atoms with Gasteiger partial charge in [0, 0.05) is 5.57 Å². The van der Waals surface area contributed by atoms with Gasteiger partial charge < -0.3 is 0 Å². The predicted molar refractivity (Wildman–Crippen MR) is 45.6 cm³/mol. The van der Waals surface area contributed by atoms with Gasteiger partial charge in [-0.2, -0.15) is 0 Å². The van der Waals surface area contributed by atoms with E-state index in [1.165, 1.54) is 12.2 Å². The van der Waals surface area contributed by atoms with E-state index in [4.69, 9.17) is 0 Å². The van der Waals surface area contributed by atoms with Crippen molar-refractivity contribution < 1.29 is 4.79 Å². The summed E-state index contributed by atoms with van der Waals surface area (Å²) >= 11 is 3.58. The van der Waals surface area contributed by atoms with Gasteiger partial charge in [-0.05, 0) is 0 Å². The molecule has 0 fully saturated rings. The fourth-order valence-corrected chi connectivity index (χ4v) is 0.557. The molecule has 0 spiro atoms. The highest BCUT2D eigenvalue weighted by Crippen LogP contribution is 1.95. The van der Waals surface area contributed by atoms with Gasteiger partial charge in [-0.25, -0.2) is 0 Å². The molecule has 2 nitrogen and oxygen atoms in total. The first-order chi connectivity index (χ1) is 4.76. The normalized spacial score (nSPS) is 10.3. The van der Waals surface area contributed by atoms with Crippen LogP contribution in [-0.4, -0.2) is 5.91 Å². The molecule has 0 aromatic carbocycles. The van der Waals surface area contributed by atoms with E-state index in [0.717, 1.165) is 0 Å². The van der Waals surface area contributed by atoms with Crippen LogP contribution in [0.2, 0.25) is 0 Å². The highest BCUT2D eigenvalue weighted by atomic mass is 32.1. The lowest BCUT2D eigenvalue weighted by molar-refractivity contribution is -0.115. The van der Waals surface area contributed by atoms with E-state index in [-0.39, 0.29) is 5.91 Å². The zero-order valence-corrected chi connectivity index (χ0v) is 6.40. The molecule has 0 radical (unpaired) electrons. The number of carbonyl (C=O) groups is 1. The van der Waals surface area contributed by atoms with Crippen LogP contribution in [0.4, 0.5) is 0 Å². The molecule has 1 amide bonds. The molecule has 54 valence electrons. The minimum absolute atomic E-state index is 0.279. The van der Waals surface area contributed by atoms with E-state index >= 15 is 0 Å². The second kappa shape index (κ2) is 4.88. The largest absolute Gasteiger partial charge is 0.299 e. The quantitative estimate of drug-likeness (QED) is 0.358. The van der Waals surface area contributed by atoms with E-state index in [1.54, 1.807) is 6.08 Å². The van der Waals surface area contributed by atoms with Gasteiger partial charge in [0.1, 0.15) is 0 Å². The van der Waals surface area contributed by atoms with E-state index in [2.05, 4.69) is 30.7 Å². The molecule has 0 saturated heterocycles. The Labute approximate surface area is 65.9 Å². The summed E-state index contributed by atoms with van der Waals surface area (Å²) in [6, 6.07) is 0. The Morgan fingerprint density at radius 3 is 2.40 bits per heavy atom. The molecule has 0 aliphatic heterocycles. The van der Waals surface area contributed by atoms with Gasteiger partial charge in [0.25, 0.3) is 5.91 Å². The minimum atomic E-state index is -0.279. The van der Waals surface area contributed by atoms with Gasteiger partial charge in [0.2, 0.25) is 0 Å². The van der Waals surface area contributed by atoms with Crippen molar-refractivity contribution >= 4 is 18.7 Å². The molecule has 0 unspecified atom stereocenters. The fraction of sp³-hybridized carbons (Fsp3) is 0. The number of nitrogens with one attached hydrogen (secondary N) is 1. The maximum atomic E-state index is 10.8. The number of hydrogen-bond donors (Lipinski definition) is 2. The molecule has 0 aromatic rings. The standard InChI is InChI=1S/C7H9NOS/c1-3-5-6(4-2)7(9)8-10/h3-5,10H,1-2H2,(H,8,9)/b6-5+. The average Bonchev–Trinajstić information content (AvgIpc) is 1.99. The summed E-state index contributed by atoms with van der Waals surface area (Å²) in [7, 11) is 0. The molecule has 0 heterocycles. The fourth-order valence-electron chi connectivity index (χ4n) is 0.428. The third kappa shape index (κ3) is 2.55. The highest BCUT2D eigenvalue weighted by molar-refractivity contribution is 7.78. The summed E-state index contributed by atoms with van der Waals surface area (Å²) in [5, 5.41) is 0. The molecular formula is C7H9NOS. The van der Waals surface area contributed by atoms with Crippen molar-refractivity contribution in [2.45, 2.75) is 0 Å². The molecule has 0 aromatic heterocycles. The first-order valence-electron chi connectivity index (χ1n) is 2.65. The Morgan fingerprint density at radius 2 is 2.10 bits per heavy atom. The first-order valence-corrected chi connectivity index (χ1v) is 3.10. The van der Waals surface area contributed by atoms with E-state index in [0.29, 0.717) is 5.57 Å². The molecule has 0 saturated carbocycles. The molecule has 0 bridgehead atoms. The molecular weight excluding hydrogens is 146 g/mol. The SMILES string of the molecule is C=C/C=C(\C=C)C(=O)NS. The van der Waals surface area contributed by atoms with Gasteiger partial charge in [0.15, 0.2) is 0 Å². The third-order valence-electron chi connectivity index (χ3n) is 0.881. The number of thiol groups is 1. The second-order valence-electron chi connectivity index (χ2n) is 1.50. The lowest BCUT2D eigenvalue weighted by Crippen LogP contribution is -2.13. The molecule has 0 rings (SSSR count). The van der Waals surface area contributed by atoms with Gasteiger partial charge in [-0.3, -0.25) is 9.52 Å². The summed E-state index contributed by atoms with van der Waals surface area (Å²) in [5.74, 6) is -0.279. The maximum Gasteiger partial charge on any atom is 0.260 e. The van der Waals surface area contributed by atoms with Gasteiger partial charge in [-0.15, -0.1) is 0 Å². The van der Waals surface area contributed by atoms with Crippen LogP contribution in [-0.2, 0) is 4.79 Å². The van der Waals surface area contributed by atoms with E-state index in [9.17, 15) is 4.79 Å². The predicted octanol–water partition coefficient (Wildman–Crippen LogP) is 1.25. The monoisotopic (exact) mass is 155 g/mol. The molecule has 1 N–H and O–H groups in total. The average molecular weight is 155 g/mol. The van der Waals surface area contributed by atoms with E-state index < -0.39 is 0 Å². The van der Waals surface area contributed by atoms with Gasteiger partial charge in [-0.1, -0.05) is 44.2 Å². The van der Waals surface area contributed by atoms with Crippen LogP contribution in [0.15, 0.2) is 37.0 Å². The van der Waals surface area contributed by atoms with Crippen LogP contribution in [0.1, 0.15) is 0 Å². The summed E-state index contributed by atoms with van der Waals surface area (Å²) in [6.07, 6.45) is 4.51. The van der Waals surface area contributed by atoms with Crippen LogP contribution >= 0.6 is 12.8 Å². The Hall–Kier alpha value is -0.960. The Kier molecular flexibility index (Phi) is 4.41. The minimum Gasteiger partial charge on any atom is -0.299 e. The zero-order valence-electron chi connectivity index (χ0n) is 5.50. The number of carbonyl (C=O) groups excluding carboxylic acids is 1. The van der Waals surface area contributed by atoms with Gasteiger partial charge in [0.05, 0.1) is 0 Å². The lowest BCUT2D eigenvalue weighted by Gasteiger charge is -1.95. The number of rotatable bonds is 3. The second-order valence-corrected chi connectivity index (χ2v) is 1.73. The van der Waals surface area contributed by atoms with Crippen LogP contribution in [0.3, 0.4) is 0 Å². The topological polar surface area (TPSA) is 29.1 Å². The van der Waals surface area contributed by atoms with Crippen molar-refractivity contribution in [3.63, 3.8) is 0 Å². The van der Waals surface area contributed by atoms with Crippen molar-refractivity contribution in [2.24, 2.45) is 0 Å². The first kappa shape index (κ1) is 9.04. The summed E-state index contributed by atoms with van der Waals surface area (Å²) in [4.78, 5) is 10.8. The summed E-state index contributed by atoms with van der Waals surface area (Å²) in [6.45, 7) is 6.87. The van der Waals surface area contributed by atoms with Crippen molar-refractivity contribution in [1.82, 2.24) is 4.72 Å². The van der Waals surface area contributed by atoms with Crippen LogP contribution in [0.25, 0.3) is 0 Å². The summed E-state index contributed by atoms with van der Waals surface area (Å²) < 4.78 is 2.17. The number of hydrogen-bond acceptors (Lipinski definition) is 2. The molecule has 0 aliphatic rings. The van der Waals surface area contributed by atoms with E-state index in [1.807, 2.05) is 0 Å². The van der Waals surface area contributed by atoms with Crippen molar-refractivity contribution in [2.75, 3.05) is 0 Å². The number of allylic oxidation sites excluding steroid dienone is 2. The van der Waals surface area contributed by atoms with Crippen molar-refractivity contribution in [3.05, 3.63) is 37.0 Å².